The normalized spacial score (nSPS) is 23.4. The predicted octanol–water partition coefficient (Wildman–Crippen LogP) is -0.372. The molecule has 3 aromatic rings. The second-order valence-corrected chi connectivity index (χ2v) is 10.2. The number of carboxylic acid groups (broad SMARTS) is 1. The zero-order chi connectivity index (χ0) is 31.8. The molecule has 6 atom stereocenters. The molecule has 232 valence electrons. The molecule has 1 aliphatic rings. The Morgan fingerprint density at radius 3 is 2.28 bits per heavy atom. The van der Waals surface area contributed by atoms with Crippen molar-refractivity contribution in [1.29, 1.82) is 0 Å². The van der Waals surface area contributed by atoms with Gasteiger partial charge in [0.05, 0.1) is 18.4 Å². The third-order valence-corrected chi connectivity index (χ3v) is 6.57. The van der Waals surface area contributed by atoms with Crippen molar-refractivity contribution in [2.24, 2.45) is 0 Å². The van der Waals surface area contributed by atoms with Gasteiger partial charge in [0, 0.05) is 17.7 Å². The van der Waals surface area contributed by atoms with Gasteiger partial charge in [-0.2, -0.15) is 0 Å². The first-order valence-electron chi connectivity index (χ1n) is 12.6. The van der Waals surface area contributed by atoms with Crippen molar-refractivity contribution in [2.75, 3.05) is 6.61 Å². The summed E-state index contributed by atoms with van der Waals surface area (Å²) in [5.74, 6) is -6.02. The van der Waals surface area contributed by atoms with Crippen LogP contribution >= 0.6 is 0 Å². The number of aliphatic hydroxyl groups excluding tert-OH is 3. The molecular weight excluding hydrogens is 580 g/mol. The van der Waals surface area contributed by atoms with Crippen molar-refractivity contribution in [3.05, 3.63) is 40.6 Å². The van der Waals surface area contributed by atoms with Crippen molar-refractivity contribution in [3.63, 3.8) is 0 Å². The highest BCUT2D eigenvalue weighted by atomic mass is 16.7. The molecule has 0 spiro atoms. The maximum Gasteiger partial charge on any atom is 0.308 e. The van der Waals surface area contributed by atoms with Crippen molar-refractivity contribution < 1.29 is 74.2 Å². The minimum atomic E-state index is -1.95. The molecule has 1 aromatic heterocycles. The highest BCUT2D eigenvalue weighted by molar-refractivity contribution is 5.89. The molecular formula is C27H28O16. The first-order valence-corrected chi connectivity index (χ1v) is 12.6. The average molecular weight is 609 g/mol. The summed E-state index contributed by atoms with van der Waals surface area (Å²) < 4.78 is 21.5. The summed E-state index contributed by atoms with van der Waals surface area (Å²) in [5.41, 5.74) is -2.91. The number of ether oxygens (including phenoxy) is 3. The van der Waals surface area contributed by atoms with Gasteiger partial charge in [0.15, 0.2) is 28.4 Å². The minimum absolute atomic E-state index is 0.111. The van der Waals surface area contributed by atoms with E-state index in [1.807, 2.05) is 0 Å². The van der Waals surface area contributed by atoms with E-state index in [0.29, 0.717) is 0 Å². The summed E-state index contributed by atoms with van der Waals surface area (Å²) >= 11 is 0. The monoisotopic (exact) mass is 608 g/mol. The lowest BCUT2D eigenvalue weighted by Gasteiger charge is -2.40. The van der Waals surface area contributed by atoms with Crippen LogP contribution in [-0.4, -0.2) is 101 Å². The number of aliphatic carboxylic acids is 1. The Bertz CT molecular complexity index is 1590. The second kappa shape index (κ2) is 11.9. The number of aromatic hydroxyl groups is 4. The van der Waals surface area contributed by atoms with E-state index in [0.717, 1.165) is 31.2 Å². The molecule has 1 saturated heterocycles. The van der Waals surface area contributed by atoms with Crippen molar-refractivity contribution in [2.45, 2.75) is 56.1 Å². The highest BCUT2D eigenvalue weighted by Gasteiger charge is 2.46. The molecule has 2 aromatic carbocycles. The number of carboxylic acids is 1. The Labute approximate surface area is 240 Å². The lowest BCUT2D eigenvalue weighted by Crippen LogP contribution is -2.60. The molecule has 0 aliphatic carbocycles. The number of benzene rings is 2. The largest absolute Gasteiger partial charge is 0.504 e. The van der Waals surface area contributed by atoms with Crippen molar-refractivity contribution in [1.82, 2.24) is 0 Å². The number of hydrogen-bond acceptors (Lipinski definition) is 15. The molecule has 43 heavy (non-hydrogen) atoms. The van der Waals surface area contributed by atoms with Crippen LogP contribution < -0.4 is 10.2 Å². The number of hydrogen-bond donors (Lipinski definition) is 9. The Balaban J connectivity index is 1.57. The lowest BCUT2D eigenvalue weighted by atomic mass is 9.98. The number of rotatable bonds is 9. The highest BCUT2D eigenvalue weighted by Crippen LogP contribution is 2.43. The van der Waals surface area contributed by atoms with Crippen LogP contribution in [0.2, 0.25) is 0 Å². The van der Waals surface area contributed by atoms with Gasteiger partial charge in [-0.3, -0.25) is 14.4 Å². The van der Waals surface area contributed by atoms with Crippen LogP contribution in [0.4, 0.5) is 0 Å². The number of fused-ring (bicyclic) bond motifs is 1. The molecule has 1 aliphatic heterocycles. The number of carbonyl (C=O) groups is 2. The summed E-state index contributed by atoms with van der Waals surface area (Å²) in [6, 6.07) is 5.51. The summed E-state index contributed by atoms with van der Waals surface area (Å²) in [6.45, 7) is 0.364. The van der Waals surface area contributed by atoms with Gasteiger partial charge in [-0.15, -0.1) is 0 Å². The number of carbonyl (C=O) groups excluding carboxylic acids is 1. The van der Waals surface area contributed by atoms with Gasteiger partial charge in [-0.1, -0.05) is 0 Å². The number of aliphatic hydroxyl groups is 4. The fourth-order valence-electron chi connectivity index (χ4n) is 4.38. The van der Waals surface area contributed by atoms with Gasteiger partial charge in [0.2, 0.25) is 12.0 Å². The molecule has 16 nitrogen and oxygen atoms in total. The Morgan fingerprint density at radius 1 is 0.930 bits per heavy atom. The number of esters is 1. The van der Waals surface area contributed by atoms with Crippen molar-refractivity contribution in [3.8, 4) is 40.1 Å². The lowest BCUT2D eigenvalue weighted by molar-refractivity contribution is -0.278. The zero-order valence-electron chi connectivity index (χ0n) is 22.3. The van der Waals surface area contributed by atoms with Crippen LogP contribution in [0.15, 0.2) is 39.5 Å². The fraction of sp³-hybridized carbons (Fsp3) is 0.370. The minimum Gasteiger partial charge on any atom is -0.504 e. The topological polar surface area (TPSA) is 274 Å². The maximum absolute atomic E-state index is 12.7. The third kappa shape index (κ3) is 6.73. The van der Waals surface area contributed by atoms with Crippen LogP contribution in [0.3, 0.4) is 0 Å². The van der Waals surface area contributed by atoms with Gasteiger partial charge in [-0.25, -0.2) is 0 Å². The maximum atomic E-state index is 12.7. The van der Waals surface area contributed by atoms with Crippen LogP contribution in [0.25, 0.3) is 22.3 Å². The molecule has 0 unspecified atom stereocenters. The average Bonchev–Trinajstić information content (AvgIpc) is 2.91. The first kappa shape index (κ1) is 31.3. The summed E-state index contributed by atoms with van der Waals surface area (Å²) in [6.07, 6.45) is -10.6. The SMILES string of the molecule is C[C@@](O)(CC(=O)O)CC(=O)OC[C@H]1O[C@@H](Oc2cc3oc(-c4ccc(O)c(O)c4)cc(=O)c3c(O)c2O)[C@H](O)[C@@H](O)[C@@H]1O. The van der Waals surface area contributed by atoms with E-state index in [2.05, 4.69) is 0 Å². The van der Waals surface area contributed by atoms with Gasteiger partial charge in [0.1, 0.15) is 47.8 Å². The van der Waals surface area contributed by atoms with E-state index in [1.165, 1.54) is 6.07 Å². The first-order chi connectivity index (χ1) is 20.1. The van der Waals surface area contributed by atoms with Gasteiger partial charge < -0.3 is 64.6 Å². The molecule has 4 rings (SSSR count). The van der Waals surface area contributed by atoms with Crippen LogP contribution in [-0.2, 0) is 19.1 Å². The molecule has 0 amide bonds. The summed E-state index contributed by atoms with van der Waals surface area (Å²) in [7, 11) is 0. The molecule has 2 heterocycles. The third-order valence-electron chi connectivity index (χ3n) is 6.57. The number of phenols is 4. The fourth-order valence-corrected chi connectivity index (χ4v) is 4.38. The van der Waals surface area contributed by atoms with Crippen LogP contribution in [0.1, 0.15) is 19.8 Å². The predicted molar refractivity (Wildman–Crippen MR) is 140 cm³/mol. The van der Waals surface area contributed by atoms with E-state index >= 15 is 0 Å². The summed E-state index contributed by atoms with van der Waals surface area (Å²) in [4.78, 5) is 35.7. The Kier molecular flexibility index (Phi) is 8.70. The van der Waals surface area contributed by atoms with Gasteiger partial charge in [-0.05, 0) is 25.1 Å². The second-order valence-electron chi connectivity index (χ2n) is 10.2. The van der Waals surface area contributed by atoms with E-state index in [-0.39, 0.29) is 16.9 Å². The molecule has 0 radical (unpaired) electrons. The summed E-state index contributed by atoms with van der Waals surface area (Å²) in [5, 5.41) is 89.9. The van der Waals surface area contributed by atoms with E-state index in [4.69, 9.17) is 23.7 Å². The van der Waals surface area contributed by atoms with Gasteiger partial charge in [0.25, 0.3) is 0 Å². The zero-order valence-corrected chi connectivity index (χ0v) is 22.3. The quantitative estimate of drug-likeness (QED) is 0.111. The molecule has 0 saturated carbocycles. The van der Waals surface area contributed by atoms with E-state index in [1.54, 1.807) is 0 Å². The smallest absolute Gasteiger partial charge is 0.308 e. The van der Waals surface area contributed by atoms with E-state index in [9.17, 15) is 55.2 Å². The molecule has 9 N–H and O–H groups in total. The van der Waals surface area contributed by atoms with E-state index < -0.39 is 107 Å². The molecule has 0 bridgehead atoms. The van der Waals surface area contributed by atoms with Crippen LogP contribution in [0, 0.1) is 0 Å². The number of phenolic OH excluding ortho intramolecular Hbond substituents is 4. The standard InChI is InChI=1S/C27H28O16/c1-27(39,7-18(31)32)8-19(33)40-9-17-22(35)24(37)25(38)26(43-17)42-16-6-15-20(23(36)21(16)34)13(30)5-14(41-15)10-2-3-11(28)12(29)4-10/h2-6,17,22,24-26,28-29,34-39H,7-9H2,1H3,(H,31,32)/t17-,22-,24+,25-,26-,27-/m1/s1. The van der Waals surface area contributed by atoms with Gasteiger partial charge >= 0.3 is 11.9 Å². The molecule has 1 fully saturated rings. The van der Waals surface area contributed by atoms with Crippen LogP contribution in [0.5, 0.6) is 28.7 Å². The Morgan fingerprint density at radius 2 is 1.63 bits per heavy atom. The van der Waals surface area contributed by atoms with Crippen molar-refractivity contribution >= 4 is 22.9 Å². The molecule has 16 heteroatoms. The Hall–Kier alpha value is -4.61.